The van der Waals surface area contributed by atoms with Crippen molar-refractivity contribution < 1.29 is 28.6 Å². The minimum Gasteiger partial charge on any atom is -0.467 e. The monoisotopic (exact) mass is 436 g/mol. The molecule has 1 aromatic rings. The maximum atomic E-state index is 13.0. The molecule has 0 radical (unpaired) electrons. The van der Waals surface area contributed by atoms with E-state index in [4.69, 9.17) is 14.2 Å². The molecule has 0 aliphatic rings. The van der Waals surface area contributed by atoms with E-state index in [0.29, 0.717) is 6.42 Å². The van der Waals surface area contributed by atoms with Gasteiger partial charge in [0.05, 0.1) is 18.8 Å². The predicted molar refractivity (Wildman–Crippen MR) is 117 cm³/mol. The van der Waals surface area contributed by atoms with E-state index in [2.05, 4.69) is 10.6 Å². The van der Waals surface area contributed by atoms with Crippen molar-refractivity contribution in [1.82, 2.24) is 10.6 Å². The lowest BCUT2D eigenvalue weighted by atomic mass is 10.0. The summed E-state index contributed by atoms with van der Waals surface area (Å²) >= 11 is 0. The standard InChI is InChI=1S/C23H36N2O6/c1-15(2)13-18(21(27)29-7)24-20(26)19(16(3)31-23(4,5)6)25-22(28)30-14-17-11-9-8-10-12-17/h8-12,15-16,18-19H,13-14H2,1-7H3,(H,24,26)(H,25,28)/t16?,18-,19-/m0/s1. The van der Waals surface area contributed by atoms with E-state index in [0.717, 1.165) is 5.56 Å². The lowest BCUT2D eigenvalue weighted by Crippen LogP contribution is -2.57. The second kappa shape index (κ2) is 12.3. The van der Waals surface area contributed by atoms with Crippen LogP contribution in [0.15, 0.2) is 30.3 Å². The number of hydrogen-bond donors (Lipinski definition) is 2. The van der Waals surface area contributed by atoms with Crippen LogP contribution in [0, 0.1) is 5.92 Å². The molecule has 0 saturated heterocycles. The molecule has 1 rings (SSSR count). The Hall–Kier alpha value is -2.61. The first-order valence-electron chi connectivity index (χ1n) is 10.5. The zero-order chi connectivity index (χ0) is 23.6. The minimum atomic E-state index is -1.07. The van der Waals surface area contributed by atoms with E-state index < -0.39 is 41.8 Å². The second-order valence-electron chi connectivity index (χ2n) is 8.83. The first-order chi connectivity index (χ1) is 14.4. The zero-order valence-corrected chi connectivity index (χ0v) is 19.6. The summed E-state index contributed by atoms with van der Waals surface area (Å²) in [5.74, 6) is -0.948. The minimum absolute atomic E-state index is 0.0632. The Morgan fingerprint density at radius 3 is 2.13 bits per heavy atom. The summed E-state index contributed by atoms with van der Waals surface area (Å²) in [6, 6.07) is 7.31. The average Bonchev–Trinajstić information content (AvgIpc) is 2.68. The molecule has 0 saturated carbocycles. The van der Waals surface area contributed by atoms with E-state index in [1.807, 2.05) is 65.0 Å². The molecule has 2 amide bonds. The highest BCUT2D eigenvalue weighted by Crippen LogP contribution is 2.15. The van der Waals surface area contributed by atoms with Crippen molar-refractivity contribution in [1.29, 1.82) is 0 Å². The van der Waals surface area contributed by atoms with Gasteiger partial charge in [-0.3, -0.25) is 4.79 Å². The molecule has 0 aliphatic carbocycles. The normalized spacial score (nSPS) is 14.3. The number of rotatable bonds is 10. The molecule has 1 unspecified atom stereocenters. The summed E-state index contributed by atoms with van der Waals surface area (Å²) in [6.07, 6.45) is -1.04. The number of carbonyl (C=O) groups excluding carboxylic acids is 3. The van der Waals surface area contributed by atoms with Gasteiger partial charge in [-0.05, 0) is 45.6 Å². The summed E-state index contributed by atoms with van der Waals surface area (Å²) in [4.78, 5) is 37.5. The van der Waals surface area contributed by atoms with Crippen LogP contribution in [0.3, 0.4) is 0 Å². The number of methoxy groups -OCH3 is 1. The van der Waals surface area contributed by atoms with Gasteiger partial charge in [0.2, 0.25) is 5.91 Å². The first-order valence-corrected chi connectivity index (χ1v) is 10.5. The summed E-state index contributed by atoms with van der Waals surface area (Å²) in [7, 11) is 1.27. The van der Waals surface area contributed by atoms with Crippen LogP contribution in [0.2, 0.25) is 0 Å². The number of ether oxygens (including phenoxy) is 3. The Kier molecular flexibility index (Phi) is 10.5. The van der Waals surface area contributed by atoms with E-state index in [1.165, 1.54) is 7.11 Å². The number of alkyl carbamates (subject to hydrolysis) is 1. The lowest BCUT2D eigenvalue weighted by molar-refractivity contribution is -0.147. The van der Waals surface area contributed by atoms with Crippen molar-refractivity contribution in [2.75, 3.05) is 7.11 Å². The van der Waals surface area contributed by atoms with Crippen LogP contribution in [-0.4, -0.2) is 48.9 Å². The highest BCUT2D eigenvalue weighted by atomic mass is 16.6. The van der Waals surface area contributed by atoms with Crippen LogP contribution < -0.4 is 10.6 Å². The molecule has 0 aliphatic heterocycles. The Morgan fingerprint density at radius 1 is 1.00 bits per heavy atom. The van der Waals surface area contributed by atoms with Crippen LogP contribution in [-0.2, 0) is 30.4 Å². The van der Waals surface area contributed by atoms with E-state index in [-0.39, 0.29) is 12.5 Å². The molecule has 0 bridgehead atoms. The van der Waals surface area contributed by atoms with Crippen LogP contribution in [0.1, 0.15) is 53.5 Å². The number of carbonyl (C=O) groups is 3. The van der Waals surface area contributed by atoms with Gasteiger partial charge in [-0.1, -0.05) is 44.2 Å². The number of esters is 1. The van der Waals surface area contributed by atoms with Gasteiger partial charge in [0, 0.05) is 0 Å². The van der Waals surface area contributed by atoms with Crippen molar-refractivity contribution in [2.24, 2.45) is 5.92 Å². The fraction of sp³-hybridized carbons (Fsp3) is 0.609. The van der Waals surface area contributed by atoms with E-state index >= 15 is 0 Å². The molecule has 3 atom stereocenters. The van der Waals surface area contributed by atoms with Crippen molar-refractivity contribution in [2.45, 2.75) is 78.4 Å². The van der Waals surface area contributed by atoms with Gasteiger partial charge in [-0.15, -0.1) is 0 Å². The molecule has 1 aromatic carbocycles. The third-order valence-electron chi connectivity index (χ3n) is 4.29. The topological polar surface area (TPSA) is 103 Å². The van der Waals surface area contributed by atoms with Gasteiger partial charge in [0.1, 0.15) is 18.7 Å². The van der Waals surface area contributed by atoms with Crippen LogP contribution in [0.25, 0.3) is 0 Å². The fourth-order valence-electron chi connectivity index (χ4n) is 3.00. The Balaban J connectivity index is 2.91. The predicted octanol–water partition coefficient (Wildman–Crippen LogP) is 3.19. The third-order valence-corrected chi connectivity index (χ3v) is 4.29. The molecule has 2 N–H and O–H groups in total. The smallest absolute Gasteiger partial charge is 0.408 e. The van der Waals surface area contributed by atoms with Gasteiger partial charge in [0.15, 0.2) is 0 Å². The number of hydrogen-bond acceptors (Lipinski definition) is 6. The summed E-state index contributed by atoms with van der Waals surface area (Å²) < 4.78 is 15.9. The number of nitrogens with one attached hydrogen (secondary N) is 2. The first kappa shape index (κ1) is 26.4. The van der Waals surface area contributed by atoms with Gasteiger partial charge in [-0.25, -0.2) is 9.59 Å². The second-order valence-corrected chi connectivity index (χ2v) is 8.83. The number of amides is 2. The van der Waals surface area contributed by atoms with Crippen molar-refractivity contribution in [3.05, 3.63) is 35.9 Å². The maximum absolute atomic E-state index is 13.0. The average molecular weight is 437 g/mol. The molecule has 0 spiro atoms. The van der Waals surface area contributed by atoms with Gasteiger partial charge < -0.3 is 24.8 Å². The molecule has 31 heavy (non-hydrogen) atoms. The van der Waals surface area contributed by atoms with Crippen molar-refractivity contribution in [3.8, 4) is 0 Å². The molecule has 0 aromatic heterocycles. The van der Waals surface area contributed by atoms with Gasteiger partial charge in [0.25, 0.3) is 0 Å². The molecule has 8 nitrogen and oxygen atoms in total. The van der Waals surface area contributed by atoms with Gasteiger partial charge >= 0.3 is 12.1 Å². The molecule has 0 fully saturated rings. The Morgan fingerprint density at radius 2 is 1.61 bits per heavy atom. The third kappa shape index (κ3) is 10.3. The maximum Gasteiger partial charge on any atom is 0.408 e. The van der Waals surface area contributed by atoms with E-state index in [1.54, 1.807) is 6.92 Å². The highest BCUT2D eigenvalue weighted by molar-refractivity contribution is 5.90. The molecular weight excluding hydrogens is 400 g/mol. The fourth-order valence-corrected chi connectivity index (χ4v) is 3.00. The summed E-state index contributed by atoms with van der Waals surface area (Å²) in [5.41, 5.74) is 0.271. The SMILES string of the molecule is COC(=O)[C@H](CC(C)C)NC(=O)[C@@H](NC(=O)OCc1ccccc1)C(C)OC(C)(C)C. The molecule has 174 valence electrons. The Labute approximate surface area is 185 Å². The summed E-state index contributed by atoms with van der Waals surface area (Å²) in [5, 5.41) is 5.26. The van der Waals surface area contributed by atoms with Crippen LogP contribution >= 0.6 is 0 Å². The molecule has 0 heterocycles. The van der Waals surface area contributed by atoms with Crippen molar-refractivity contribution >= 4 is 18.0 Å². The largest absolute Gasteiger partial charge is 0.467 e. The zero-order valence-electron chi connectivity index (χ0n) is 19.6. The molecular formula is C23H36N2O6. The summed E-state index contributed by atoms with van der Waals surface area (Å²) in [6.45, 7) is 11.2. The van der Waals surface area contributed by atoms with Crippen LogP contribution in [0.5, 0.6) is 0 Å². The number of benzene rings is 1. The highest BCUT2D eigenvalue weighted by Gasteiger charge is 2.34. The molecule has 8 heteroatoms. The van der Waals surface area contributed by atoms with Gasteiger partial charge in [-0.2, -0.15) is 0 Å². The lowest BCUT2D eigenvalue weighted by Gasteiger charge is -2.31. The Bertz CT molecular complexity index is 715. The van der Waals surface area contributed by atoms with E-state index in [9.17, 15) is 14.4 Å². The van der Waals surface area contributed by atoms with Crippen molar-refractivity contribution in [3.63, 3.8) is 0 Å². The van der Waals surface area contributed by atoms with Crippen LogP contribution in [0.4, 0.5) is 4.79 Å². The quantitative estimate of drug-likeness (QED) is 0.546.